The van der Waals surface area contributed by atoms with E-state index < -0.39 is 12.1 Å². The maximum Gasteiger partial charge on any atom is 0.340 e. The highest BCUT2D eigenvalue weighted by Gasteiger charge is 2.24. The highest BCUT2D eigenvalue weighted by Crippen LogP contribution is 2.24. The number of ether oxygens (including phenoxy) is 2. The molecule has 1 atom stereocenters. The summed E-state index contributed by atoms with van der Waals surface area (Å²) in [5.41, 5.74) is 1.03. The fourth-order valence-corrected chi connectivity index (χ4v) is 2.52. The van der Waals surface area contributed by atoms with Gasteiger partial charge in [-0.15, -0.1) is 0 Å². The number of hydrogen-bond donors (Lipinski definition) is 0. The van der Waals surface area contributed by atoms with Gasteiger partial charge < -0.3 is 14.4 Å². The summed E-state index contributed by atoms with van der Waals surface area (Å²) < 4.78 is 11.0. The molecule has 0 aliphatic carbocycles. The summed E-state index contributed by atoms with van der Waals surface area (Å²) in [5.74, 6) is -0.373. The van der Waals surface area contributed by atoms with Crippen LogP contribution in [0.5, 0.6) is 5.75 Å². The number of esters is 1. The van der Waals surface area contributed by atoms with Crippen LogP contribution in [0.1, 0.15) is 17.3 Å². The van der Waals surface area contributed by atoms with Crippen molar-refractivity contribution in [1.82, 2.24) is 0 Å². The van der Waals surface area contributed by atoms with E-state index in [1.54, 1.807) is 32.2 Å². The van der Waals surface area contributed by atoms with Gasteiger partial charge in [0.1, 0.15) is 5.75 Å². The van der Waals surface area contributed by atoms with Crippen molar-refractivity contribution in [2.24, 2.45) is 0 Å². The Morgan fingerprint density at radius 3 is 2.42 bits per heavy atom. The van der Waals surface area contributed by atoms with Gasteiger partial charge in [0, 0.05) is 17.2 Å². The second-order valence-electron chi connectivity index (χ2n) is 5.13. The summed E-state index contributed by atoms with van der Waals surface area (Å²) in [7, 11) is 3.16. The summed E-state index contributed by atoms with van der Waals surface area (Å²) in [4.78, 5) is 26.2. The van der Waals surface area contributed by atoms with Gasteiger partial charge in [0.05, 0.1) is 12.7 Å². The lowest BCUT2D eigenvalue weighted by atomic mass is 10.2. The number of likely N-dealkylation sites (N-methyl/N-ethyl adjacent to an activating group) is 1. The number of nitrogens with zero attached hydrogens (tertiary/aromatic N) is 1. The predicted octanol–water partition coefficient (Wildman–Crippen LogP) is 3.67. The number of methoxy groups -OCH3 is 1. The first kappa shape index (κ1) is 18.0. The number of anilines is 1. The van der Waals surface area contributed by atoms with Gasteiger partial charge in [-0.3, -0.25) is 4.79 Å². The Kier molecular flexibility index (Phi) is 5.98. The summed E-state index contributed by atoms with van der Waals surface area (Å²) in [6.45, 7) is 1.55. The van der Waals surface area contributed by atoms with Crippen LogP contribution in [0.25, 0.3) is 0 Å². The first-order chi connectivity index (χ1) is 11.4. The van der Waals surface area contributed by atoms with Gasteiger partial charge in [0.2, 0.25) is 0 Å². The second-order valence-corrected chi connectivity index (χ2v) is 5.98. The first-order valence-electron chi connectivity index (χ1n) is 7.31. The number of para-hydroxylation sites is 1. The number of carbonyl (C=O) groups excluding carboxylic acids is 2. The molecule has 0 saturated carbocycles. The number of halogens is 1. The maximum absolute atomic E-state index is 12.4. The molecule has 0 N–H and O–H groups in total. The molecule has 2 rings (SSSR count). The molecule has 0 radical (unpaired) electrons. The minimum atomic E-state index is -0.916. The molecule has 0 saturated heterocycles. The number of carbonyl (C=O) groups is 2. The fourth-order valence-electron chi connectivity index (χ4n) is 2.11. The molecule has 2 aromatic carbocycles. The van der Waals surface area contributed by atoms with Crippen molar-refractivity contribution in [1.29, 1.82) is 0 Å². The third-order valence-corrected chi connectivity index (χ3v) is 4.19. The third kappa shape index (κ3) is 4.14. The summed E-state index contributed by atoms with van der Waals surface area (Å²) in [6, 6.07) is 14.1. The molecular weight excluding hydrogens is 374 g/mol. The molecule has 0 spiro atoms. The van der Waals surface area contributed by atoms with E-state index in [4.69, 9.17) is 9.47 Å². The molecule has 0 bridgehead atoms. The van der Waals surface area contributed by atoms with Crippen LogP contribution in [0.15, 0.2) is 53.0 Å². The molecule has 0 fully saturated rings. The van der Waals surface area contributed by atoms with Crippen LogP contribution in [0.3, 0.4) is 0 Å². The zero-order chi connectivity index (χ0) is 17.7. The SMILES string of the molecule is COc1ccc(Br)c(C(=O)O[C@H](C)C(=O)N(C)c2ccccc2)c1. The minimum absolute atomic E-state index is 0.302. The molecule has 0 aliphatic rings. The van der Waals surface area contributed by atoms with Crippen molar-refractivity contribution in [2.45, 2.75) is 13.0 Å². The van der Waals surface area contributed by atoms with E-state index in [-0.39, 0.29) is 5.91 Å². The molecule has 2 aromatic rings. The molecule has 0 aromatic heterocycles. The molecule has 6 heteroatoms. The molecule has 0 heterocycles. The van der Waals surface area contributed by atoms with Crippen LogP contribution in [-0.4, -0.2) is 32.1 Å². The monoisotopic (exact) mass is 391 g/mol. The zero-order valence-electron chi connectivity index (χ0n) is 13.7. The quantitative estimate of drug-likeness (QED) is 0.729. The van der Waals surface area contributed by atoms with E-state index in [9.17, 15) is 9.59 Å². The summed E-state index contributed by atoms with van der Waals surface area (Å²) in [5, 5.41) is 0. The Bertz CT molecular complexity index is 733. The highest BCUT2D eigenvalue weighted by molar-refractivity contribution is 9.10. The van der Waals surface area contributed by atoms with Gasteiger partial charge in [0.25, 0.3) is 5.91 Å². The van der Waals surface area contributed by atoms with Crippen molar-refractivity contribution in [2.75, 3.05) is 19.1 Å². The maximum atomic E-state index is 12.4. The molecular formula is C18H18BrNO4. The Labute approximate surface area is 149 Å². The normalized spacial score (nSPS) is 11.5. The lowest BCUT2D eigenvalue weighted by Gasteiger charge is -2.21. The van der Waals surface area contributed by atoms with Gasteiger partial charge in [-0.2, -0.15) is 0 Å². The lowest BCUT2D eigenvalue weighted by molar-refractivity contribution is -0.126. The van der Waals surface area contributed by atoms with Gasteiger partial charge in [-0.1, -0.05) is 18.2 Å². The molecule has 126 valence electrons. The van der Waals surface area contributed by atoms with Crippen molar-refractivity contribution in [3.63, 3.8) is 0 Å². The number of amides is 1. The fraction of sp³-hybridized carbons (Fsp3) is 0.222. The smallest absolute Gasteiger partial charge is 0.340 e. The number of benzene rings is 2. The van der Waals surface area contributed by atoms with Crippen LogP contribution < -0.4 is 9.64 Å². The van der Waals surface area contributed by atoms with Crippen molar-refractivity contribution >= 4 is 33.5 Å². The molecule has 5 nitrogen and oxygen atoms in total. The number of rotatable bonds is 5. The highest BCUT2D eigenvalue weighted by atomic mass is 79.9. The van der Waals surface area contributed by atoms with E-state index >= 15 is 0 Å². The van der Waals surface area contributed by atoms with Gasteiger partial charge >= 0.3 is 5.97 Å². The molecule has 1 amide bonds. The Balaban J connectivity index is 2.10. The van der Waals surface area contributed by atoms with Gasteiger partial charge in [-0.25, -0.2) is 4.79 Å². The van der Waals surface area contributed by atoms with Gasteiger partial charge in [-0.05, 0) is 53.2 Å². The average molecular weight is 392 g/mol. The van der Waals surface area contributed by atoms with Crippen molar-refractivity contribution < 1.29 is 19.1 Å². The lowest BCUT2D eigenvalue weighted by Crippen LogP contribution is -2.37. The molecule has 24 heavy (non-hydrogen) atoms. The van der Waals surface area contributed by atoms with E-state index in [1.165, 1.54) is 12.0 Å². The van der Waals surface area contributed by atoms with E-state index in [1.807, 2.05) is 30.3 Å². The zero-order valence-corrected chi connectivity index (χ0v) is 15.2. The predicted molar refractivity (Wildman–Crippen MR) is 95.4 cm³/mol. The summed E-state index contributed by atoms with van der Waals surface area (Å²) in [6.07, 6.45) is -0.916. The Morgan fingerprint density at radius 2 is 1.79 bits per heavy atom. The van der Waals surface area contributed by atoms with Crippen LogP contribution in [0, 0.1) is 0 Å². The van der Waals surface area contributed by atoms with Crippen LogP contribution in [0.2, 0.25) is 0 Å². The van der Waals surface area contributed by atoms with Crippen LogP contribution >= 0.6 is 15.9 Å². The molecule has 0 aliphatic heterocycles. The molecule has 0 unspecified atom stereocenters. The Hall–Kier alpha value is -2.34. The minimum Gasteiger partial charge on any atom is -0.497 e. The van der Waals surface area contributed by atoms with E-state index in [0.29, 0.717) is 15.8 Å². The Morgan fingerprint density at radius 1 is 1.12 bits per heavy atom. The van der Waals surface area contributed by atoms with Crippen LogP contribution in [-0.2, 0) is 9.53 Å². The van der Waals surface area contributed by atoms with Gasteiger partial charge in [0.15, 0.2) is 6.10 Å². The van der Waals surface area contributed by atoms with Crippen molar-refractivity contribution in [3.8, 4) is 5.75 Å². The van der Waals surface area contributed by atoms with Crippen molar-refractivity contribution in [3.05, 3.63) is 58.6 Å². The van der Waals surface area contributed by atoms with E-state index in [0.717, 1.165) is 5.69 Å². The topological polar surface area (TPSA) is 55.8 Å². The average Bonchev–Trinajstić information content (AvgIpc) is 2.61. The first-order valence-corrected chi connectivity index (χ1v) is 8.10. The standard InChI is InChI=1S/C18H18BrNO4/c1-12(17(21)20(2)13-7-5-4-6-8-13)24-18(22)15-11-14(23-3)9-10-16(15)19/h4-12H,1-3H3/t12-/m1/s1. The largest absolute Gasteiger partial charge is 0.497 e. The van der Waals surface area contributed by atoms with E-state index in [2.05, 4.69) is 15.9 Å². The van der Waals surface area contributed by atoms with Crippen LogP contribution in [0.4, 0.5) is 5.69 Å². The second kappa shape index (κ2) is 7.97. The third-order valence-electron chi connectivity index (χ3n) is 3.50. The number of hydrogen-bond acceptors (Lipinski definition) is 4. The summed E-state index contributed by atoms with van der Waals surface area (Å²) >= 11 is 3.30.